The molecule has 2 aliphatic heterocycles. The van der Waals surface area contributed by atoms with Crippen LogP contribution in [0, 0.1) is 5.82 Å². The van der Waals surface area contributed by atoms with Gasteiger partial charge in [0, 0.05) is 44.3 Å². The van der Waals surface area contributed by atoms with Crippen LogP contribution in [-0.4, -0.2) is 63.9 Å². The quantitative estimate of drug-likeness (QED) is 0.581. The summed E-state index contributed by atoms with van der Waals surface area (Å²) in [5, 5.41) is 4.18. The molecule has 0 bridgehead atoms. The molecule has 8 heteroatoms. The molecule has 0 unspecified atom stereocenters. The molecule has 2 saturated heterocycles. The molecule has 2 atom stereocenters. The Balaban J connectivity index is 1.51. The molecule has 2 aliphatic rings. The zero-order valence-corrected chi connectivity index (χ0v) is 18.5. The molecule has 1 N–H and O–H groups in total. The van der Waals surface area contributed by atoms with Crippen molar-refractivity contribution in [2.75, 3.05) is 39.4 Å². The van der Waals surface area contributed by atoms with Gasteiger partial charge in [-0.2, -0.15) is 0 Å². The van der Waals surface area contributed by atoms with Gasteiger partial charge in [-0.3, -0.25) is 9.88 Å². The summed E-state index contributed by atoms with van der Waals surface area (Å²) < 4.78 is 22.1. The standard InChI is InChI=1S/C24H26FN5OS/c25-18-6-1-2-8-20(18)29-11-5-9-21(29)23-22(19-7-3-4-10-26-19)27-24(32)30(23)13-12-28-14-16-31-17-15-28/h1-11,22-23H,12-17H2,(H,27,32)/t22-,23-/m0/s1. The highest BCUT2D eigenvalue weighted by atomic mass is 32.1. The van der Waals surface area contributed by atoms with Gasteiger partial charge in [0.2, 0.25) is 0 Å². The molecule has 1 aromatic carbocycles. The molecular weight excluding hydrogens is 425 g/mol. The normalized spacial score (nSPS) is 21.7. The SMILES string of the molecule is Fc1ccccc1-n1cccc1[C@H]1[C@H](c2ccccn2)NC(=S)N1CCN1CCOCC1. The van der Waals surface area contributed by atoms with Crippen molar-refractivity contribution in [2.45, 2.75) is 12.1 Å². The maximum Gasteiger partial charge on any atom is 0.170 e. The van der Waals surface area contributed by atoms with Gasteiger partial charge in [0.15, 0.2) is 5.11 Å². The van der Waals surface area contributed by atoms with E-state index in [4.69, 9.17) is 17.0 Å². The minimum Gasteiger partial charge on any atom is -0.379 e. The van der Waals surface area contributed by atoms with Crippen LogP contribution in [0.25, 0.3) is 5.69 Å². The molecule has 0 saturated carbocycles. The average molecular weight is 452 g/mol. The zero-order valence-electron chi connectivity index (χ0n) is 17.7. The number of morpholine rings is 1. The van der Waals surface area contributed by atoms with Crippen molar-refractivity contribution in [2.24, 2.45) is 0 Å². The van der Waals surface area contributed by atoms with E-state index in [2.05, 4.69) is 20.1 Å². The second-order valence-corrected chi connectivity index (χ2v) is 8.42. The first-order chi connectivity index (χ1) is 15.7. The summed E-state index contributed by atoms with van der Waals surface area (Å²) in [4.78, 5) is 9.22. The number of hydrogen-bond donors (Lipinski definition) is 1. The fraction of sp³-hybridized carbons (Fsp3) is 0.333. The lowest BCUT2D eigenvalue weighted by Gasteiger charge is -2.32. The number of pyridine rings is 1. The van der Waals surface area contributed by atoms with E-state index in [1.54, 1.807) is 18.3 Å². The Morgan fingerprint density at radius 3 is 2.62 bits per heavy atom. The van der Waals surface area contributed by atoms with Gasteiger partial charge in [-0.15, -0.1) is 0 Å². The van der Waals surface area contributed by atoms with E-state index in [9.17, 15) is 4.39 Å². The number of hydrogen-bond acceptors (Lipinski definition) is 4. The van der Waals surface area contributed by atoms with Crippen LogP contribution in [0.1, 0.15) is 23.5 Å². The van der Waals surface area contributed by atoms with E-state index in [1.165, 1.54) is 6.07 Å². The van der Waals surface area contributed by atoms with Gasteiger partial charge in [-0.25, -0.2) is 4.39 Å². The van der Waals surface area contributed by atoms with E-state index in [1.807, 2.05) is 47.2 Å². The third-order valence-electron chi connectivity index (χ3n) is 6.15. The molecule has 3 aromatic rings. The van der Waals surface area contributed by atoms with Crippen LogP contribution in [0.3, 0.4) is 0 Å². The number of aromatic nitrogens is 2. The van der Waals surface area contributed by atoms with E-state index in [0.29, 0.717) is 10.8 Å². The Hall–Kier alpha value is -2.81. The second kappa shape index (κ2) is 9.36. The molecule has 5 rings (SSSR count). The summed E-state index contributed by atoms with van der Waals surface area (Å²) in [7, 11) is 0. The first kappa shape index (κ1) is 21.1. The van der Waals surface area contributed by atoms with E-state index >= 15 is 0 Å². The summed E-state index contributed by atoms with van der Waals surface area (Å²) in [6.07, 6.45) is 3.70. The summed E-state index contributed by atoms with van der Waals surface area (Å²) in [5.74, 6) is -0.257. The van der Waals surface area contributed by atoms with Crippen LogP contribution in [0.5, 0.6) is 0 Å². The van der Waals surface area contributed by atoms with Gasteiger partial charge in [0.1, 0.15) is 5.82 Å². The third-order valence-corrected chi connectivity index (χ3v) is 6.51. The van der Waals surface area contributed by atoms with Crippen LogP contribution < -0.4 is 5.32 Å². The van der Waals surface area contributed by atoms with Crippen molar-refractivity contribution < 1.29 is 9.13 Å². The highest BCUT2D eigenvalue weighted by Gasteiger charge is 2.41. The number of halogens is 1. The van der Waals surface area contributed by atoms with Gasteiger partial charge in [0.05, 0.1) is 36.7 Å². The molecule has 2 aromatic heterocycles. The zero-order chi connectivity index (χ0) is 21.9. The minimum atomic E-state index is -0.257. The van der Waals surface area contributed by atoms with Crippen molar-refractivity contribution >= 4 is 17.3 Å². The van der Waals surface area contributed by atoms with Crippen molar-refractivity contribution in [3.63, 3.8) is 0 Å². The van der Waals surface area contributed by atoms with Gasteiger partial charge >= 0.3 is 0 Å². The maximum absolute atomic E-state index is 14.7. The molecule has 6 nitrogen and oxygen atoms in total. The summed E-state index contributed by atoms with van der Waals surface area (Å²) in [6.45, 7) is 5.03. The Labute approximate surface area is 192 Å². The Bertz CT molecular complexity index is 1070. The predicted molar refractivity (Wildman–Crippen MR) is 125 cm³/mol. The van der Waals surface area contributed by atoms with Crippen molar-refractivity contribution in [3.8, 4) is 5.69 Å². The molecule has 32 heavy (non-hydrogen) atoms. The molecule has 0 amide bonds. The largest absolute Gasteiger partial charge is 0.379 e. The monoisotopic (exact) mass is 451 g/mol. The number of rotatable bonds is 6. The molecule has 2 fully saturated rings. The molecule has 0 radical (unpaired) electrons. The van der Waals surface area contributed by atoms with Gasteiger partial charge < -0.3 is 19.5 Å². The van der Waals surface area contributed by atoms with Gasteiger partial charge in [-0.1, -0.05) is 18.2 Å². The third kappa shape index (κ3) is 4.13. The van der Waals surface area contributed by atoms with Gasteiger partial charge in [-0.05, 0) is 48.6 Å². The number of para-hydroxylation sites is 1. The van der Waals surface area contributed by atoms with E-state index in [-0.39, 0.29) is 17.9 Å². The average Bonchev–Trinajstić information content (AvgIpc) is 3.43. The molecule has 166 valence electrons. The minimum absolute atomic E-state index is 0.118. The fourth-order valence-electron chi connectivity index (χ4n) is 4.54. The summed E-state index contributed by atoms with van der Waals surface area (Å²) in [6, 6.07) is 16.5. The summed E-state index contributed by atoms with van der Waals surface area (Å²) in [5.41, 5.74) is 2.41. The molecular formula is C24H26FN5OS. The predicted octanol–water partition coefficient (Wildman–Crippen LogP) is 3.32. The lowest BCUT2D eigenvalue weighted by Crippen LogP contribution is -2.42. The number of nitrogens with zero attached hydrogens (tertiary/aromatic N) is 4. The fourth-order valence-corrected chi connectivity index (χ4v) is 4.88. The topological polar surface area (TPSA) is 45.6 Å². The number of ether oxygens (including phenoxy) is 1. The Kier molecular flexibility index (Phi) is 6.16. The van der Waals surface area contributed by atoms with Crippen molar-refractivity contribution in [1.82, 2.24) is 24.7 Å². The highest BCUT2D eigenvalue weighted by Crippen LogP contribution is 2.39. The van der Waals surface area contributed by atoms with E-state index < -0.39 is 0 Å². The first-order valence-electron chi connectivity index (χ1n) is 10.9. The first-order valence-corrected chi connectivity index (χ1v) is 11.3. The van der Waals surface area contributed by atoms with Gasteiger partial charge in [0.25, 0.3) is 0 Å². The smallest absolute Gasteiger partial charge is 0.170 e. The number of benzene rings is 1. The van der Waals surface area contributed by atoms with Crippen LogP contribution >= 0.6 is 12.2 Å². The molecule has 0 spiro atoms. The number of thiocarbonyl (C=S) groups is 1. The van der Waals surface area contributed by atoms with Crippen LogP contribution in [0.15, 0.2) is 67.0 Å². The Morgan fingerprint density at radius 2 is 1.84 bits per heavy atom. The highest BCUT2D eigenvalue weighted by molar-refractivity contribution is 7.80. The van der Waals surface area contributed by atoms with E-state index in [0.717, 1.165) is 50.8 Å². The van der Waals surface area contributed by atoms with Crippen LogP contribution in [0.2, 0.25) is 0 Å². The van der Waals surface area contributed by atoms with Crippen molar-refractivity contribution in [1.29, 1.82) is 0 Å². The lowest BCUT2D eigenvalue weighted by molar-refractivity contribution is 0.0349. The lowest BCUT2D eigenvalue weighted by atomic mass is 10.0. The number of nitrogens with one attached hydrogen (secondary N) is 1. The van der Waals surface area contributed by atoms with Crippen molar-refractivity contribution in [3.05, 3.63) is 84.2 Å². The van der Waals surface area contributed by atoms with Crippen LogP contribution in [-0.2, 0) is 4.74 Å². The second-order valence-electron chi connectivity index (χ2n) is 8.03. The molecule has 4 heterocycles. The summed E-state index contributed by atoms with van der Waals surface area (Å²) >= 11 is 5.78. The van der Waals surface area contributed by atoms with Crippen LogP contribution in [0.4, 0.5) is 4.39 Å². The Morgan fingerprint density at radius 1 is 1.03 bits per heavy atom. The maximum atomic E-state index is 14.7. The molecule has 0 aliphatic carbocycles.